The summed E-state index contributed by atoms with van der Waals surface area (Å²) in [5.74, 6) is 1.35. The zero-order valence-electron chi connectivity index (χ0n) is 19.2. The average molecular weight is 428 g/mol. The van der Waals surface area contributed by atoms with Crippen LogP contribution in [-0.4, -0.2) is 48.1 Å². The maximum Gasteiger partial charge on any atom is 0.163 e. The molecule has 32 heavy (non-hydrogen) atoms. The first-order valence-electron chi connectivity index (χ1n) is 11.3. The Morgan fingerprint density at radius 1 is 0.969 bits per heavy atom. The van der Waals surface area contributed by atoms with Crippen molar-refractivity contribution in [1.82, 2.24) is 35.0 Å². The second-order valence-electron chi connectivity index (χ2n) is 8.90. The van der Waals surface area contributed by atoms with Gasteiger partial charge in [-0.1, -0.05) is 0 Å². The van der Waals surface area contributed by atoms with Crippen molar-refractivity contribution >= 4 is 11.0 Å². The van der Waals surface area contributed by atoms with E-state index in [4.69, 9.17) is 9.97 Å². The van der Waals surface area contributed by atoms with Crippen molar-refractivity contribution in [1.29, 1.82) is 0 Å². The van der Waals surface area contributed by atoms with Gasteiger partial charge in [0.1, 0.15) is 5.82 Å². The lowest BCUT2D eigenvalue weighted by Gasteiger charge is -2.30. The summed E-state index contributed by atoms with van der Waals surface area (Å²) in [4.78, 5) is 21.0. The molecule has 0 amide bonds. The Bertz CT molecular complexity index is 1250. The number of likely N-dealkylation sites (tertiary alicyclic amines) is 1. The molecule has 4 aromatic rings. The Morgan fingerprint density at radius 2 is 1.78 bits per heavy atom. The van der Waals surface area contributed by atoms with Crippen molar-refractivity contribution in [3.63, 3.8) is 0 Å². The Labute approximate surface area is 188 Å². The van der Waals surface area contributed by atoms with Gasteiger partial charge in [0.25, 0.3) is 0 Å². The minimum Gasteiger partial charge on any atom is -0.296 e. The number of hydrogen-bond acceptors (Lipinski definition) is 6. The van der Waals surface area contributed by atoms with Crippen LogP contribution in [0.4, 0.5) is 0 Å². The van der Waals surface area contributed by atoms with Crippen LogP contribution in [0.25, 0.3) is 22.3 Å². The number of pyridine rings is 2. The predicted molar refractivity (Wildman–Crippen MR) is 125 cm³/mol. The number of aryl methyl sites for hydroxylation is 4. The number of H-pyrrole nitrogens is 1. The lowest BCUT2D eigenvalue weighted by molar-refractivity contribution is 0.199. The SMILES string of the molecule is Cc1ccc2c(C)nc(CN3CCC(c4cc(-c5c(C)ccnc5C)n[nH]4)CC3)nc2n1. The van der Waals surface area contributed by atoms with Crippen molar-refractivity contribution < 1.29 is 0 Å². The minimum atomic E-state index is 0.494. The van der Waals surface area contributed by atoms with E-state index in [2.05, 4.69) is 44.1 Å². The molecule has 0 radical (unpaired) electrons. The third-order valence-corrected chi connectivity index (χ3v) is 6.53. The van der Waals surface area contributed by atoms with Gasteiger partial charge in [0.05, 0.1) is 17.9 Å². The molecule has 5 rings (SSSR count). The molecule has 5 heterocycles. The summed E-state index contributed by atoms with van der Waals surface area (Å²) in [6.45, 7) is 11.0. The smallest absolute Gasteiger partial charge is 0.163 e. The molecular weight excluding hydrogens is 398 g/mol. The number of aromatic amines is 1. The predicted octanol–water partition coefficient (Wildman–Crippen LogP) is 4.42. The van der Waals surface area contributed by atoms with E-state index in [-0.39, 0.29) is 0 Å². The quantitative estimate of drug-likeness (QED) is 0.519. The number of hydrogen-bond donors (Lipinski definition) is 1. The van der Waals surface area contributed by atoms with E-state index in [1.807, 2.05) is 39.1 Å². The topological polar surface area (TPSA) is 83.5 Å². The first-order chi connectivity index (χ1) is 15.5. The number of piperidine rings is 1. The zero-order chi connectivity index (χ0) is 22.2. The highest BCUT2D eigenvalue weighted by Gasteiger charge is 2.24. The molecule has 164 valence electrons. The maximum absolute atomic E-state index is 4.74. The number of nitrogens with one attached hydrogen (secondary N) is 1. The summed E-state index contributed by atoms with van der Waals surface area (Å²) >= 11 is 0. The molecule has 0 spiro atoms. The van der Waals surface area contributed by atoms with Crippen LogP contribution < -0.4 is 0 Å². The Morgan fingerprint density at radius 3 is 2.56 bits per heavy atom. The van der Waals surface area contributed by atoms with Crippen LogP contribution in [0, 0.1) is 27.7 Å². The van der Waals surface area contributed by atoms with Gasteiger partial charge in [0, 0.05) is 40.1 Å². The van der Waals surface area contributed by atoms with Crippen LogP contribution >= 0.6 is 0 Å². The summed E-state index contributed by atoms with van der Waals surface area (Å²) in [7, 11) is 0. The molecule has 0 unspecified atom stereocenters. The first-order valence-corrected chi connectivity index (χ1v) is 11.3. The van der Waals surface area contributed by atoms with Crippen LogP contribution in [0.1, 0.15) is 52.9 Å². The molecule has 0 saturated carbocycles. The van der Waals surface area contributed by atoms with E-state index in [1.165, 1.54) is 11.3 Å². The van der Waals surface area contributed by atoms with Gasteiger partial charge in [-0.3, -0.25) is 15.0 Å². The van der Waals surface area contributed by atoms with E-state index in [1.54, 1.807) is 0 Å². The zero-order valence-corrected chi connectivity index (χ0v) is 19.2. The first kappa shape index (κ1) is 20.7. The van der Waals surface area contributed by atoms with E-state index < -0.39 is 0 Å². The number of fused-ring (bicyclic) bond motifs is 1. The molecule has 1 aliphatic heterocycles. The molecule has 0 bridgehead atoms. The summed E-state index contributed by atoms with van der Waals surface area (Å²) in [6.07, 6.45) is 4.04. The summed E-state index contributed by atoms with van der Waals surface area (Å²) < 4.78 is 0. The standard InChI is InChI=1S/C25H29N7/c1-15-7-10-26-18(4)24(15)22-13-21(30-31-22)19-8-11-32(12-9-19)14-23-28-17(3)20-6-5-16(2)27-25(20)29-23/h5-7,10,13,19H,8-9,11-12,14H2,1-4H3,(H,30,31). The molecule has 1 aliphatic rings. The molecule has 7 heteroatoms. The second kappa shape index (κ2) is 8.39. The summed E-state index contributed by atoms with van der Waals surface area (Å²) in [6, 6.07) is 8.33. The van der Waals surface area contributed by atoms with Crippen LogP contribution in [0.15, 0.2) is 30.5 Å². The lowest BCUT2D eigenvalue weighted by Crippen LogP contribution is -2.33. The van der Waals surface area contributed by atoms with Crippen LogP contribution in [0.2, 0.25) is 0 Å². The third-order valence-electron chi connectivity index (χ3n) is 6.53. The Hall–Kier alpha value is -3.19. The Balaban J connectivity index is 1.26. The largest absolute Gasteiger partial charge is 0.296 e. The van der Waals surface area contributed by atoms with Gasteiger partial charge in [0.2, 0.25) is 0 Å². The number of nitrogens with zero attached hydrogens (tertiary/aromatic N) is 6. The van der Waals surface area contributed by atoms with E-state index in [0.29, 0.717) is 5.92 Å². The van der Waals surface area contributed by atoms with Crippen molar-refractivity contribution in [3.8, 4) is 11.3 Å². The van der Waals surface area contributed by atoms with Crippen molar-refractivity contribution in [2.75, 3.05) is 13.1 Å². The fraction of sp³-hybridized carbons (Fsp3) is 0.400. The highest BCUT2D eigenvalue weighted by Crippen LogP contribution is 2.31. The van der Waals surface area contributed by atoms with E-state index >= 15 is 0 Å². The van der Waals surface area contributed by atoms with Gasteiger partial charge in [-0.25, -0.2) is 15.0 Å². The molecule has 0 aliphatic carbocycles. The fourth-order valence-electron chi connectivity index (χ4n) is 4.74. The van der Waals surface area contributed by atoms with Gasteiger partial charge in [-0.2, -0.15) is 5.10 Å². The molecule has 1 N–H and O–H groups in total. The number of aromatic nitrogens is 6. The van der Waals surface area contributed by atoms with Gasteiger partial charge in [-0.15, -0.1) is 0 Å². The van der Waals surface area contributed by atoms with Crippen molar-refractivity contribution in [2.24, 2.45) is 0 Å². The molecule has 0 aromatic carbocycles. The molecule has 4 aromatic heterocycles. The van der Waals surface area contributed by atoms with E-state index in [9.17, 15) is 0 Å². The minimum absolute atomic E-state index is 0.494. The lowest BCUT2D eigenvalue weighted by atomic mass is 9.93. The maximum atomic E-state index is 4.74. The van der Waals surface area contributed by atoms with Gasteiger partial charge in [0.15, 0.2) is 5.65 Å². The average Bonchev–Trinajstić information content (AvgIpc) is 3.23. The highest BCUT2D eigenvalue weighted by atomic mass is 15.2. The molecule has 7 nitrogen and oxygen atoms in total. The van der Waals surface area contributed by atoms with Gasteiger partial charge < -0.3 is 0 Å². The van der Waals surface area contributed by atoms with Gasteiger partial charge in [-0.05, 0) is 83.5 Å². The number of rotatable bonds is 4. The second-order valence-corrected chi connectivity index (χ2v) is 8.90. The van der Waals surface area contributed by atoms with Gasteiger partial charge >= 0.3 is 0 Å². The fourth-order valence-corrected chi connectivity index (χ4v) is 4.74. The molecule has 0 atom stereocenters. The Kier molecular flexibility index (Phi) is 5.43. The highest BCUT2D eigenvalue weighted by molar-refractivity contribution is 5.77. The third kappa shape index (κ3) is 4.00. The molecular formula is C25H29N7. The monoisotopic (exact) mass is 427 g/mol. The van der Waals surface area contributed by atoms with Crippen LogP contribution in [-0.2, 0) is 6.54 Å². The summed E-state index contributed by atoms with van der Waals surface area (Å²) in [5, 5.41) is 8.94. The van der Waals surface area contributed by atoms with E-state index in [0.717, 1.165) is 77.7 Å². The van der Waals surface area contributed by atoms with Crippen LogP contribution in [0.5, 0.6) is 0 Å². The normalized spacial score (nSPS) is 15.5. The molecule has 1 saturated heterocycles. The van der Waals surface area contributed by atoms with Crippen LogP contribution in [0.3, 0.4) is 0 Å². The summed E-state index contributed by atoms with van der Waals surface area (Å²) in [5.41, 5.74) is 8.37. The van der Waals surface area contributed by atoms with Crippen molar-refractivity contribution in [2.45, 2.75) is 53.0 Å². The van der Waals surface area contributed by atoms with Crippen molar-refractivity contribution in [3.05, 3.63) is 64.6 Å². The molecule has 1 fully saturated rings.